The summed E-state index contributed by atoms with van der Waals surface area (Å²) in [5, 5.41) is 0.635. The first-order valence-corrected chi connectivity index (χ1v) is 13.2. The Hall–Kier alpha value is -2.13. The second kappa shape index (κ2) is 11.7. The fraction of sp³-hybridized carbons (Fsp3) is 0.536. The molecule has 2 aromatic carbocycles. The highest BCUT2D eigenvalue weighted by Gasteiger charge is 2.35. The van der Waals surface area contributed by atoms with Crippen LogP contribution in [0.4, 0.5) is 13.2 Å². The molecule has 37 heavy (non-hydrogen) atoms. The number of carbonyl (C=O) groups excluding carboxylic acids is 1. The maximum atomic E-state index is 13.6. The number of amides is 1. The normalized spacial score (nSPS) is 23.9. The molecule has 202 valence electrons. The van der Waals surface area contributed by atoms with Crippen molar-refractivity contribution in [2.75, 3.05) is 45.8 Å². The van der Waals surface area contributed by atoms with Gasteiger partial charge in [-0.25, -0.2) is 0 Å². The van der Waals surface area contributed by atoms with Crippen molar-refractivity contribution in [3.63, 3.8) is 0 Å². The highest BCUT2D eigenvalue weighted by Crippen LogP contribution is 2.31. The number of hydrogen-bond donors (Lipinski definition) is 0. The van der Waals surface area contributed by atoms with Crippen molar-refractivity contribution < 1.29 is 22.7 Å². The zero-order valence-corrected chi connectivity index (χ0v) is 22.4. The molecule has 2 heterocycles. The summed E-state index contributed by atoms with van der Waals surface area (Å²) in [6.07, 6.45) is -3.50. The van der Waals surface area contributed by atoms with E-state index in [9.17, 15) is 18.0 Å². The zero-order valence-electron chi connectivity index (χ0n) is 21.6. The smallest absolute Gasteiger partial charge is 0.373 e. The lowest BCUT2D eigenvalue weighted by atomic mass is 9.99. The summed E-state index contributed by atoms with van der Waals surface area (Å²) in [6.45, 7) is 11.1. The van der Waals surface area contributed by atoms with Crippen molar-refractivity contribution in [1.82, 2.24) is 14.7 Å². The monoisotopic (exact) mass is 537 g/mol. The first-order chi connectivity index (χ1) is 17.5. The summed E-state index contributed by atoms with van der Waals surface area (Å²) in [4.78, 5) is 20.1. The van der Waals surface area contributed by atoms with E-state index in [0.29, 0.717) is 36.6 Å². The third kappa shape index (κ3) is 7.47. The molecule has 0 spiro atoms. The van der Waals surface area contributed by atoms with Gasteiger partial charge in [-0.2, -0.15) is 13.2 Å². The highest BCUT2D eigenvalue weighted by molar-refractivity contribution is 6.30. The van der Waals surface area contributed by atoms with Crippen molar-refractivity contribution in [1.29, 1.82) is 0 Å². The second-order valence-electron chi connectivity index (χ2n) is 10.4. The van der Waals surface area contributed by atoms with Crippen LogP contribution in [0.3, 0.4) is 0 Å². The molecule has 2 unspecified atom stereocenters. The van der Waals surface area contributed by atoms with Gasteiger partial charge in [0, 0.05) is 62.4 Å². The fourth-order valence-electron chi connectivity index (χ4n) is 5.44. The van der Waals surface area contributed by atoms with Gasteiger partial charge in [-0.05, 0) is 68.7 Å². The first-order valence-electron chi connectivity index (χ1n) is 12.8. The molecule has 9 heteroatoms. The van der Waals surface area contributed by atoms with Crippen LogP contribution >= 0.6 is 11.6 Å². The molecule has 4 rings (SSSR count). The molecule has 0 radical (unpaired) electrons. The Morgan fingerprint density at radius 2 is 1.62 bits per heavy atom. The van der Waals surface area contributed by atoms with Crippen molar-refractivity contribution >= 4 is 17.5 Å². The summed E-state index contributed by atoms with van der Waals surface area (Å²) in [7, 11) is 0. The number of hydrogen-bond acceptors (Lipinski definition) is 4. The molecule has 0 aromatic heterocycles. The number of alkyl halides is 3. The van der Waals surface area contributed by atoms with E-state index in [1.54, 1.807) is 17.9 Å². The molecule has 2 saturated heterocycles. The number of aryl methyl sites for hydroxylation is 1. The van der Waals surface area contributed by atoms with Gasteiger partial charge in [0.05, 0.1) is 17.8 Å². The van der Waals surface area contributed by atoms with E-state index in [0.717, 1.165) is 43.9 Å². The Morgan fingerprint density at radius 1 is 0.973 bits per heavy atom. The molecule has 2 aromatic rings. The fourth-order valence-corrected chi connectivity index (χ4v) is 5.57. The molecular formula is C28H35ClF3N3O2. The Balaban J connectivity index is 1.50. The molecule has 0 N–H and O–H groups in total. The standard InChI is InChI=1S/C28H35ClF3N3O2/c1-19-12-23(15-24(13-19)28(30,31)32)27(36)35-11-10-33(8-9-34-16-20(2)37-21(3)17-34)18-26(35)14-22-4-6-25(29)7-5-22/h4-7,12-13,15,20-21,26H,8-11,14,16-18H2,1-3H3/t20?,21?,26-/m1/s1. The van der Waals surface area contributed by atoms with Crippen LogP contribution in [0.1, 0.15) is 40.9 Å². The summed E-state index contributed by atoms with van der Waals surface area (Å²) in [5.41, 5.74) is 0.737. The van der Waals surface area contributed by atoms with Crippen molar-refractivity contribution in [2.45, 2.75) is 51.6 Å². The van der Waals surface area contributed by atoms with Crippen LogP contribution in [0.15, 0.2) is 42.5 Å². The van der Waals surface area contributed by atoms with Crippen LogP contribution < -0.4 is 0 Å². The third-order valence-electron chi connectivity index (χ3n) is 7.09. The third-order valence-corrected chi connectivity index (χ3v) is 7.34. The minimum Gasteiger partial charge on any atom is -0.373 e. The Morgan fingerprint density at radius 3 is 2.27 bits per heavy atom. The predicted octanol–water partition coefficient (Wildman–Crippen LogP) is 5.15. The van der Waals surface area contributed by atoms with E-state index in [1.165, 1.54) is 0 Å². The Bertz CT molecular complexity index is 1070. The molecule has 0 saturated carbocycles. The maximum absolute atomic E-state index is 13.6. The average molecular weight is 538 g/mol. The second-order valence-corrected chi connectivity index (χ2v) is 10.8. The largest absolute Gasteiger partial charge is 0.416 e. The molecule has 2 fully saturated rings. The minimum atomic E-state index is -4.50. The summed E-state index contributed by atoms with van der Waals surface area (Å²) in [5.74, 6) is -0.358. The van der Waals surface area contributed by atoms with E-state index in [4.69, 9.17) is 16.3 Å². The predicted molar refractivity (Wildman–Crippen MR) is 139 cm³/mol. The van der Waals surface area contributed by atoms with Gasteiger partial charge < -0.3 is 9.64 Å². The Kier molecular flexibility index (Phi) is 8.84. The van der Waals surface area contributed by atoms with Gasteiger partial charge in [0.15, 0.2) is 0 Å². The number of rotatable bonds is 6. The van der Waals surface area contributed by atoms with E-state index in [1.807, 2.05) is 24.3 Å². The maximum Gasteiger partial charge on any atom is 0.416 e. The van der Waals surface area contributed by atoms with Gasteiger partial charge in [0.1, 0.15) is 0 Å². The molecule has 2 aliphatic rings. The van der Waals surface area contributed by atoms with Crippen LogP contribution in [0.5, 0.6) is 0 Å². The number of ether oxygens (including phenoxy) is 1. The van der Waals surface area contributed by atoms with Crippen LogP contribution in [0.2, 0.25) is 5.02 Å². The number of carbonyl (C=O) groups is 1. The van der Waals surface area contributed by atoms with E-state index < -0.39 is 11.7 Å². The average Bonchev–Trinajstić information content (AvgIpc) is 2.82. The van der Waals surface area contributed by atoms with Gasteiger partial charge in [-0.1, -0.05) is 23.7 Å². The molecule has 0 aliphatic carbocycles. The quantitative estimate of drug-likeness (QED) is 0.511. The molecule has 2 aliphatic heterocycles. The SMILES string of the molecule is Cc1cc(C(=O)N2CCN(CCN3CC(C)OC(C)C3)C[C@H]2Cc2ccc(Cl)cc2)cc(C(F)(F)F)c1. The van der Waals surface area contributed by atoms with Gasteiger partial charge in [0.2, 0.25) is 0 Å². The van der Waals surface area contributed by atoms with Crippen molar-refractivity contribution in [3.8, 4) is 0 Å². The van der Waals surface area contributed by atoms with E-state index >= 15 is 0 Å². The molecular weight excluding hydrogens is 503 g/mol. The zero-order chi connectivity index (χ0) is 26.7. The van der Waals surface area contributed by atoms with Crippen LogP contribution in [0.25, 0.3) is 0 Å². The minimum absolute atomic E-state index is 0.0816. The lowest BCUT2D eigenvalue weighted by Gasteiger charge is -2.43. The molecule has 0 bridgehead atoms. The number of morpholine rings is 1. The van der Waals surface area contributed by atoms with Crippen LogP contribution in [-0.4, -0.2) is 84.7 Å². The molecule has 5 nitrogen and oxygen atoms in total. The van der Waals surface area contributed by atoms with Crippen LogP contribution in [-0.2, 0) is 17.3 Å². The van der Waals surface area contributed by atoms with E-state index in [2.05, 4.69) is 23.6 Å². The summed E-state index contributed by atoms with van der Waals surface area (Å²) in [6, 6.07) is 10.9. The summed E-state index contributed by atoms with van der Waals surface area (Å²) < 4.78 is 46.1. The van der Waals surface area contributed by atoms with Gasteiger partial charge in [-0.3, -0.25) is 14.6 Å². The number of nitrogens with zero attached hydrogens (tertiary/aromatic N) is 3. The lowest BCUT2D eigenvalue weighted by Crippen LogP contribution is -2.57. The first kappa shape index (κ1) is 27.9. The molecule has 3 atom stereocenters. The molecule has 1 amide bonds. The Labute approximate surface area is 222 Å². The van der Waals surface area contributed by atoms with Gasteiger partial charge in [-0.15, -0.1) is 0 Å². The highest BCUT2D eigenvalue weighted by atomic mass is 35.5. The van der Waals surface area contributed by atoms with Crippen LogP contribution in [0, 0.1) is 6.92 Å². The number of benzene rings is 2. The van der Waals surface area contributed by atoms with Gasteiger partial charge in [0.25, 0.3) is 5.91 Å². The number of piperazine rings is 1. The van der Waals surface area contributed by atoms with Crippen molar-refractivity contribution in [2.24, 2.45) is 0 Å². The van der Waals surface area contributed by atoms with E-state index in [-0.39, 0.29) is 29.7 Å². The van der Waals surface area contributed by atoms with Gasteiger partial charge >= 0.3 is 6.18 Å². The summed E-state index contributed by atoms with van der Waals surface area (Å²) >= 11 is 6.06. The topological polar surface area (TPSA) is 36.0 Å². The number of halogens is 4. The van der Waals surface area contributed by atoms with Crippen molar-refractivity contribution in [3.05, 3.63) is 69.7 Å². The lowest BCUT2D eigenvalue weighted by molar-refractivity contribution is -0.137.